The summed E-state index contributed by atoms with van der Waals surface area (Å²) < 4.78 is 4.26. The number of nitrogens with one attached hydrogen (secondary N) is 1. The average molecular weight is 150 g/mol. The Balaban J connectivity index is 2.54. The lowest BCUT2D eigenvalue weighted by Crippen LogP contribution is -1.90. The monoisotopic (exact) mass is 150 g/mol. The van der Waals surface area contributed by atoms with Crippen molar-refractivity contribution in [3.8, 4) is 0 Å². The van der Waals surface area contributed by atoms with E-state index in [0.29, 0.717) is 5.03 Å². The summed E-state index contributed by atoms with van der Waals surface area (Å²) in [5.74, 6) is 0. The largest absolute Gasteiger partial charge is 0.315 e. The molecule has 0 aliphatic carbocycles. The van der Waals surface area contributed by atoms with Crippen LogP contribution < -0.4 is 4.72 Å². The molecule has 1 N–H and O–H groups in total. The fourth-order valence-corrected chi connectivity index (χ4v) is 1.05. The Morgan fingerprint density at radius 1 is 1.86 bits per heavy atom. The zero-order chi connectivity index (χ0) is 5.28. The average Bonchev–Trinajstić information content (AvgIpc) is 1.91. The molecule has 38 valence electrons. The normalized spacial score (nSPS) is 19.0. The minimum Gasteiger partial charge on any atom is -0.315 e. The highest BCUT2D eigenvalue weighted by Crippen LogP contribution is 2.24. The quantitative estimate of drug-likeness (QED) is 0.528. The molecule has 0 spiro atoms. The fourth-order valence-electron chi connectivity index (χ4n) is 0.222. The van der Waals surface area contributed by atoms with Gasteiger partial charge in [-0.15, -0.1) is 0 Å². The van der Waals surface area contributed by atoms with E-state index in [9.17, 15) is 0 Å². The Bertz CT molecular complexity index is 101. The van der Waals surface area contributed by atoms with E-state index in [4.69, 9.17) is 12.6 Å². The van der Waals surface area contributed by atoms with Gasteiger partial charge in [-0.3, -0.25) is 0 Å². The predicted molar refractivity (Wildman–Crippen MR) is 35.8 cm³/mol. The summed E-state index contributed by atoms with van der Waals surface area (Å²) in [6.07, 6.45) is 1.69. The van der Waals surface area contributed by atoms with Gasteiger partial charge in [0.15, 0.2) is 0 Å². The Morgan fingerprint density at radius 3 is 2.71 bits per heavy atom. The van der Waals surface area contributed by atoms with Crippen LogP contribution in [0.25, 0.3) is 0 Å². The van der Waals surface area contributed by atoms with Crippen LogP contribution in [0.5, 0.6) is 0 Å². The fraction of sp³-hybridized carbons (Fsp3) is 0. The van der Waals surface area contributed by atoms with E-state index >= 15 is 0 Å². The third-order valence-electron chi connectivity index (χ3n) is 0.498. The molecule has 2 nitrogen and oxygen atoms in total. The maximum Gasteiger partial charge on any atom is 0.141 e. The topological polar surface area (TPSA) is 15.3 Å². The van der Waals surface area contributed by atoms with E-state index in [1.54, 1.807) is 6.20 Å². The van der Waals surface area contributed by atoms with Crippen molar-refractivity contribution in [2.45, 2.75) is 0 Å². The molecule has 0 aromatic heterocycles. The standard InChI is InChI=1S/C2H2N2S3/c5-2-1-3-7-4(2)6/h1,3H. The highest BCUT2D eigenvalue weighted by atomic mass is 32.2. The van der Waals surface area contributed by atoms with Gasteiger partial charge in [0, 0.05) is 6.20 Å². The second-order valence-electron chi connectivity index (χ2n) is 0.949. The van der Waals surface area contributed by atoms with Gasteiger partial charge in [-0.2, -0.15) is 0 Å². The van der Waals surface area contributed by atoms with E-state index in [1.807, 2.05) is 0 Å². The van der Waals surface area contributed by atoms with Crippen molar-refractivity contribution in [2.24, 2.45) is 0 Å². The molecule has 0 saturated carbocycles. The molecular weight excluding hydrogens is 148 g/mol. The van der Waals surface area contributed by atoms with Crippen LogP contribution in [0.15, 0.2) is 11.2 Å². The van der Waals surface area contributed by atoms with Gasteiger partial charge in [-0.05, 0) is 0 Å². The third-order valence-corrected chi connectivity index (χ3v) is 2.04. The summed E-state index contributed by atoms with van der Waals surface area (Å²) in [4.78, 5) is 0. The van der Waals surface area contributed by atoms with Gasteiger partial charge in [-0.1, -0.05) is 12.6 Å². The van der Waals surface area contributed by atoms with Crippen molar-refractivity contribution in [1.29, 1.82) is 0 Å². The molecule has 0 saturated heterocycles. The van der Waals surface area contributed by atoms with Gasteiger partial charge in [0.2, 0.25) is 0 Å². The third kappa shape index (κ3) is 1.08. The highest BCUT2D eigenvalue weighted by molar-refractivity contribution is 8.05. The smallest absolute Gasteiger partial charge is 0.141 e. The van der Waals surface area contributed by atoms with Crippen LogP contribution >= 0.6 is 37.6 Å². The molecule has 1 aliphatic rings. The molecule has 1 rings (SSSR count). The molecule has 0 fully saturated rings. The minimum atomic E-state index is 0.667. The van der Waals surface area contributed by atoms with Crippen molar-refractivity contribution < 1.29 is 0 Å². The van der Waals surface area contributed by atoms with Crippen molar-refractivity contribution >= 4 is 37.6 Å². The summed E-state index contributed by atoms with van der Waals surface area (Å²) in [6, 6.07) is 0. The zero-order valence-electron chi connectivity index (χ0n) is 3.25. The van der Waals surface area contributed by atoms with Crippen LogP contribution in [0.3, 0.4) is 0 Å². The number of hydrogen-bond donors (Lipinski definition) is 1. The molecule has 5 heteroatoms. The lowest BCUT2D eigenvalue weighted by Gasteiger charge is -1.99. The summed E-state index contributed by atoms with van der Waals surface area (Å²) in [7, 11) is 0. The molecule has 0 aromatic carbocycles. The summed E-state index contributed by atoms with van der Waals surface area (Å²) in [5, 5.41) is 0.667. The molecule has 1 aliphatic heterocycles. The molecule has 0 amide bonds. The summed E-state index contributed by atoms with van der Waals surface area (Å²) >= 11 is 10.7. The number of rotatable bonds is 0. The van der Waals surface area contributed by atoms with Crippen LogP contribution in [-0.2, 0) is 0 Å². The lowest BCUT2D eigenvalue weighted by molar-refractivity contribution is 1.06. The second-order valence-corrected chi connectivity index (χ2v) is 2.75. The van der Waals surface area contributed by atoms with Gasteiger partial charge in [0.1, 0.15) is 5.03 Å². The first-order chi connectivity index (χ1) is 3.30. The van der Waals surface area contributed by atoms with E-state index in [-0.39, 0.29) is 0 Å². The molecule has 0 aromatic rings. The van der Waals surface area contributed by atoms with Crippen LogP contribution in [-0.4, -0.2) is 3.71 Å². The van der Waals surface area contributed by atoms with Crippen LogP contribution in [0.1, 0.15) is 0 Å². The van der Waals surface area contributed by atoms with Gasteiger partial charge in [-0.25, -0.2) is 3.71 Å². The highest BCUT2D eigenvalue weighted by Gasteiger charge is 2.08. The maximum absolute atomic E-state index is 4.72. The molecule has 7 heavy (non-hydrogen) atoms. The molecule has 0 unspecified atom stereocenters. The van der Waals surface area contributed by atoms with Crippen molar-refractivity contribution in [1.82, 2.24) is 8.43 Å². The SMILES string of the molecule is [S]C1=CNSN1[S]. The second kappa shape index (κ2) is 2.02. The number of nitrogens with zero attached hydrogens (tertiary/aromatic N) is 1. The predicted octanol–water partition coefficient (Wildman–Crippen LogP) is 1.56. The van der Waals surface area contributed by atoms with Gasteiger partial charge < -0.3 is 4.72 Å². The summed E-state index contributed by atoms with van der Waals surface area (Å²) in [5.41, 5.74) is 0. The molecule has 0 atom stereocenters. The molecule has 0 bridgehead atoms. The first-order valence-electron chi connectivity index (χ1n) is 1.57. The Hall–Kier alpha value is 0.260. The Labute approximate surface area is 57.6 Å². The maximum atomic E-state index is 4.72. The lowest BCUT2D eigenvalue weighted by atomic mass is 11.0. The van der Waals surface area contributed by atoms with E-state index in [2.05, 4.69) is 17.5 Å². The van der Waals surface area contributed by atoms with Crippen LogP contribution in [0.2, 0.25) is 0 Å². The van der Waals surface area contributed by atoms with Crippen molar-refractivity contribution in [2.75, 3.05) is 0 Å². The Morgan fingerprint density at radius 2 is 2.57 bits per heavy atom. The van der Waals surface area contributed by atoms with Crippen LogP contribution in [0.4, 0.5) is 0 Å². The molecule has 2 radical (unpaired) electrons. The molecule has 1 heterocycles. The first-order valence-corrected chi connectivity index (χ1v) is 3.12. The van der Waals surface area contributed by atoms with Gasteiger partial charge >= 0.3 is 0 Å². The Kier molecular flexibility index (Phi) is 1.56. The van der Waals surface area contributed by atoms with Crippen LogP contribution in [0, 0.1) is 0 Å². The zero-order valence-corrected chi connectivity index (χ0v) is 5.70. The van der Waals surface area contributed by atoms with Crippen molar-refractivity contribution in [3.05, 3.63) is 11.2 Å². The minimum absolute atomic E-state index is 0.667. The van der Waals surface area contributed by atoms with E-state index in [1.165, 1.54) is 15.8 Å². The van der Waals surface area contributed by atoms with E-state index < -0.39 is 0 Å². The van der Waals surface area contributed by atoms with Gasteiger partial charge in [0.25, 0.3) is 0 Å². The summed E-state index contributed by atoms with van der Waals surface area (Å²) in [6.45, 7) is 0. The van der Waals surface area contributed by atoms with Gasteiger partial charge in [0.05, 0.1) is 24.9 Å². The van der Waals surface area contributed by atoms with Crippen molar-refractivity contribution in [3.63, 3.8) is 0 Å². The first kappa shape index (κ1) is 5.40. The van der Waals surface area contributed by atoms with E-state index in [0.717, 1.165) is 0 Å². The molecular formula is C2H2N2S3. The number of hydrogen-bond acceptors (Lipinski definition) is 3.